The van der Waals surface area contributed by atoms with Gasteiger partial charge in [-0.1, -0.05) is 18.2 Å². The van der Waals surface area contributed by atoms with Crippen LogP contribution in [0, 0.1) is 11.8 Å². The Morgan fingerprint density at radius 3 is 2.01 bits per heavy atom. The van der Waals surface area contributed by atoms with Crippen LogP contribution in [0.2, 0.25) is 0 Å². The number of fused-ring (bicyclic) bond motifs is 4. The normalized spacial score (nSPS) is 23.6. The molecular weight excluding hydrogens is 1550 g/mol. The molecule has 34 heteroatoms. The van der Waals surface area contributed by atoms with Crippen LogP contribution in [0.4, 0.5) is 50.4 Å². The molecule has 6 fully saturated rings. The Bertz CT molecular complexity index is 5230. The second-order valence-corrected chi connectivity index (χ2v) is 33.0. The number of hydrogen-bond acceptors (Lipinski definition) is 22. The Labute approximate surface area is 681 Å². The van der Waals surface area contributed by atoms with Crippen LogP contribution < -0.4 is 46.3 Å². The predicted octanol–water partition coefficient (Wildman–Crippen LogP) is 10.5. The first kappa shape index (κ1) is 81.4. The summed E-state index contributed by atoms with van der Waals surface area (Å²) < 4.78 is 100. The standard InChI is InChI=1S/C85H92F5N15O14/c1-83(45-100(3)27-8-31-117-53-37-51(38-53)92-57-12-6-10-55-74(57)82(115)105(80(55)113)64-20-22-72(107)98-78(64)111)41-49-34-60(95-75(108)58-13-7-14-69(93-58)85(88,89)90)65(40-66(49)119-83)102-30-32-118-68(44-102)48-33-62(94-70(36-48)84(2,86)87)76(109)96-61-35-50-43-103(99-59(50)39-67(61)116-4)52-17-15-47(16-18-52)42-101-28-24-46(25-29-101)23-26-91-56-11-5-9-54-73(56)81(114)104(79(54)112)63-19-21-71(106)97-77(63)110/h5-7,9-14,33-36,39-40,43,46-47,51-53,63-64,68,91-92H,8,15-32,37-38,41-42,44-45H2,1-4H3,(H,95,108)(H,96,109)(H,97,106,110)(H,98,107,111)/t47-,51-,52-,53-,63-,64?,68?,83+/m0/s1. The highest BCUT2D eigenvalue weighted by molar-refractivity contribution is 6.27. The second-order valence-electron chi connectivity index (χ2n) is 33.0. The van der Waals surface area contributed by atoms with Gasteiger partial charge in [0.1, 0.15) is 58.1 Å². The van der Waals surface area contributed by atoms with Crippen molar-refractivity contribution in [3.05, 3.63) is 153 Å². The molecule has 4 saturated heterocycles. The zero-order chi connectivity index (χ0) is 83.5. The fraction of sp³-hybridized carbons (Fsp3) is 0.471. The summed E-state index contributed by atoms with van der Waals surface area (Å²) in [5.74, 6) is -8.05. The van der Waals surface area contributed by atoms with E-state index in [1.54, 1.807) is 60.7 Å². The fourth-order valence-corrected chi connectivity index (χ4v) is 18.2. The van der Waals surface area contributed by atoms with Gasteiger partial charge in [0, 0.05) is 119 Å². The van der Waals surface area contributed by atoms with E-state index in [0.717, 1.165) is 86.5 Å². The van der Waals surface area contributed by atoms with E-state index in [4.69, 9.17) is 24.0 Å². The van der Waals surface area contributed by atoms with Gasteiger partial charge in [-0.2, -0.15) is 27.1 Å². The van der Waals surface area contributed by atoms with Gasteiger partial charge in [-0.3, -0.25) is 73.1 Å². The Kier molecular flexibility index (Phi) is 22.6. The van der Waals surface area contributed by atoms with E-state index < -0.39 is 112 Å². The van der Waals surface area contributed by atoms with Crippen molar-refractivity contribution in [2.75, 3.05) is 106 Å². The number of nitrogens with one attached hydrogen (secondary N) is 6. The van der Waals surface area contributed by atoms with Crippen LogP contribution in [0.25, 0.3) is 10.9 Å². The first-order valence-corrected chi connectivity index (χ1v) is 40.6. The van der Waals surface area contributed by atoms with Crippen molar-refractivity contribution in [1.29, 1.82) is 0 Å². The summed E-state index contributed by atoms with van der Waals surface area (Å²) in [6, 6.07) is 20.4. The zero-order valence-corrected chi connectivity index (χ0v) is 66.2. The number of halogens is 5. The number of methoxy groups -OCH3 is 1. The summed E-state index contributed by atoms with van der Waals surface area (Å²) in [6.07, 6.45) is 5.28. The number of imide groups is 4. The Morgan fingerprint density at radius 2 is 1.34 bits per heavy atom. The Balaban J connectivity index is 0.528. The van der Waals surface area contributed by atoms with E-state index in [1.807, 2.05) is 29.7 Å². The lowest BCUT2D eigenvalue weighted by Gasteiger charge is -2.37. The highest BCUT2D eigenvalue weighted by Crippen LogP contribution is 2.46. The second kappa shape index (κ2) is 33.1. The van der Waals surface area contributed by atoms with E-state index >= 15 is 8.78 Å². The molecule has 0 bridgehead atoms. The minimum Gasteiger partial charge on any atom is -0.494 e. The molecule has 2 aliphatic carbocycles. The molecule has 16 rings (SSSR count). The van der Waals surface area contributed by atoms with Gasteiger partial charge < -0.3 is 54.9 Å². The number of pyridine rings is 2. The maximum atomic E-state index is 15.7. The summed E-state index contributed by atoms with van der Waals surface area (Å²) in [5, 5.41) is 22.6. The SMILES string of the molecule is COc1cc2nn([C@H]3CC[C@H](CN4CCC(CCNc5cccc6c5C(=O)N([C@H]5CCC(=O)NC5=O)C6=O)CC4)CC3)cc2cc1NC(=O)c1cc(C2CN(c3cc4c(cc3NC(=O)c3cccc(C(F)(F)F)n3)C[C@](C)(CN(C)CCCO[C@H]3C[C@H](Nc5cccc6c5C(=O)N(C5CCC(=O)NC5=O)C6=O)C3)O4)CCO2)cc(C(C)(F)F)n1. The van der Waals surface area contributed by atoms with Crippen LogP contribution in [0.1, 0.15) is 201 Å². The third kappa shape index (κ3) is 17.2. The number of rotatable bonds is 26. The number of alkyl halides is 5. The van der Waals surface area contributed by atoms with Crippen molar-refractivity contribution in [2.24, 2.45) is 11.8 Å². The Morgan fingerprint density at radius 1 is 0.697 bits per heavy atom. The molecule has 7 aromatic rings. The average Bonchev–Trinajstić information content (AvgIpc) is 1.61. The molecule has 0 radical (unpaired) electrons. The fourth-order valence-electron chi connectivity index (χ4n) is 18.2. The number of anilines is 5. The van der Waals surface area contributed by atoms with Crippen LogP contribution in [0.5, 0.6) is 11.5 Å². The van der Waals surface area contributed by atoms with Crippen LogP contribution in [0.3, 0.4) is 0 Å². The van der Waals surface area contributed by atoms with Gasteiger partial charge in [0.15, 0.2) is 0 Å². The molecule has 9 aliphatic rings. The summed E-state index contributed by atoms with van der Waals surface area (Å²) in [5.41, 5.74) is 0.604. The van der Waals surface area contributed by atoms with Crippen molar-refractivity contribution in [3.8, 4) is 11.5 Å². The molecular formula is C85H92F5N15O14. The molecule has 4 aromatic carbocycles. The number of benzene rings is 4. The van der Waals surface area contributed by atoms with Gasteiger partial charge in [0.2, 0.25) is 23.6 Å². The number of hydrogen-bond donors (Lipinski definition) is 6. The van der Waals surface area contributed by atoms with Gasteiger partial charge in [-0.25, -0.2) is 9.97 Å². The predicted molar refractivity (Wildman–Crippen MR) is 423 cm³/mol. The number of morpholine rings is 1. The van der Waals surface area contributed by atoms with Crippen molar-refractivity contribution in [3.63, 3.8) is 0 Å². The van der Waals surface area contributed by atoms with Crippen LogP contribution in [0.15, 0.2) is 97.2 Å². The van der Waals surface area contributed by atoms with Gasteiger partial charge in [-0.05, 0) is 182 Å². The van der Waals surface area contributed by atoms with E-state index in [1.165, 1.54) is 25.3 Å². The molecule has 0 spiro atoms. The van der Waals surface area contributed by atoms with Gasteiger partial charge in [-0.15, -0.1) is 0 Å². The van der Waals surface area contributed by atoms with E-state index in [9.17, 15) is 61.1 Å². The molecule has 29 nitrogen and oxygen atoms in total. The van der Waals surface area contributed by atoms with E-state index in [-0.39, 0.29) is 114 Å². The monoisotopic (exact) mass is 1640 g/mol. The number of nitrogens with zero attached hydrogens (tertiary/aromatic N) is 9. The first-order valence-electron chi connectivity index (χ1n) is 40.6. The smallest absolute Gasteiger partial charge is 0.433 e. The van der Waals surface area contributed by atoms with Gasteiger partial charge >= 0.3 is 6.18 Å². The lowest BCUT2D eigenvalue weighted by atomic mass is 9.85. The first-order chi connectivity index (χ1) is 57.0. The zero-order valence-electron chi connectivity index (χ0n) is 66.2. The largest absolute Gasteiger partial charge is 0.494 e. The molecule has 3 aromatic heterocycles. The molecule has 2 unspecified atom stereocenters. The summed E-state index contributed by atoms with van der Waals surface area (Å²) >= 11 is 0. The number of likely N-dealkylation sites (N-methyl/N-ethyl adjacent to an activating group) is 1. The van der Waals surface area contributed by atoms with Crippen LogP contribution in [-0.4, -0.2) is 208 Å². The number of aromatic nitrogens is 4. The van der Waals surface area contributed by atoms with Crippen molar-refractivity contribution < 1.29 is 88.8 Å². The molecule has 6 N–H and O–H groups in total. The molecule has 2 saturated carbocycles. The summed E-state index contributed by atoms with van der Waals surface area (Å²) in [7, 11) is 3.40. The van der Waals surface area contributed by atoms with Crippen molar-refractivity contribution in [2.45, 2.75) is 164 Å². The quantitative estimate of drug-likeness (QED) is 0.0167. The lowest BCUT2D eigenvalue weighted by Crippen LogP contribution is -2.54. The minimum atomic E-state index is -4.84. The van der Waals surface area contributed by atoms with Crippen LogP contribution in [-0.2, 0) is 47.2 Å². The minimum absolute atomic E-state index is 0.0120. The topological polar surface area (TPSA) is 340 Å². The third-order valence-electron chi connectivity index (χ3n) is 24.3. The van der Waals surface area contributed by atoms with E-state index in [0.29, 0.717) is 110 Å². The number of carbonyl (C=O) groups excluding carboxylic acids is 10. The van der Waals surface area contributed by atoms with Crippen molar-refractivity contribution in [1.82, 2.24) is 50.0 Å². The average molecular weight is 1640 g/mol. The molecule has 119 heavy (non-hydrogen) atoms. The Hall–Kier alpha value is -11.4. The molecule has 7 aliphatic heterocycles. The summed E-state index contributed by atoms with van der Waals surface area (Å²) in [6.45, 7) is 7.83. The van der Waals surface area contributed by atoms with Crippen LogP contribution >= 0.6 is 0 Å². The molecule has 4 atom stereocenters. The van der Waals surface area contributed by atoms with E-state index in [2.05, 4.69) is 51.7 Å². The van der Waals surface area contributed by atoms with Gasteiger partial charge in [0.25, 0.3) is 41.4 Å². The van der Waals surface area contributed by atoms with Gasteiger partial charge in [0.05, 0.1) is 70.7 Å². The number of ether oxygens (including phenoxy) is 4. The summed E-state index contributed by atoms with van der Waals surface area (Å²) in [4.78, 5) is 148. The molecule has 10 amide bonds. The molecule has 626 valence electrons. The highest BCUT2D eigenvalue weighted by Gasteiger charge is 2.49. The number of amides is 10. The van der Waals surface area contributed by atoms with Crippen molar-refractivity contribution >= 4 is 98.4 Å². The molecule has 10 heterocycles. The number of likely N-dealkylation sites (tertiary alicyclic amines) is 1. The third-order valence-corrected chi connectivity index (χ3v) is 24.3. The maximum Gasteiger partial charge on any atom is 0.433 e. The lowest BCUT2D eigenvalue weighted by molar-refractivity contribution is -0.141. The maximum absolute atomic E-state index is 15.7. The number of carbonyl (C=O) groups is 10. The number of piperidine rings is 3. The highest BCUT2D eigenvalue weighted by atomic mass is 19.4.